The Labute approximate surface area is 209 Å². The van der Waals surface area contributed by atoms with E-state index in [1.165, 1.54) is 0 Å². The van der Waals surface area contributed by atoms with E-state index in [0.717, 1.165) is 27.8 Å². The van der Waals surface area contributed by atoms with Crippen LogP contribution in [0.15, 0.2) is 60.0 Å². The van der Waals surface area contributed by atoms with E-state index < -0.39 is 23.7 Å². The maximum Gasteiger partial charge on any atom is 0.326 e. The first-order valence-corrected chi connectivity index (χ1v) is 12.2. The third-order valence-corrected chi connectivity index (χ3v) is 5.78. The van der Waals surface area contributed by atoms with E-state index in [0.29, 0.717) is 36.7 Å². The SMILES string of the molecule is C=CCc1cc(/C=C2\SC(=O)N(CC(=O)OC(C)C)C2=O)cc(OCC)c1OCc1ccccc1. The second kappa shape index (κ2) is 12.3. The average molecular weight is 496 g/mol. The molecule has 0 atom stereocenters. The molecular weight excluding hydrogens is 466 g/mol. The van der Waals surface area contributed by atoms with Crippen LogP contribution in [0.25, 0.3) is 6.08 Å². The highest BCUT2D eigenvalue weighted by atomic mass is 32.2. The Kier molecular flexibility index (Phi) is 9.14. The van der Waals surface area contributed by atoms with Crippen molar-refractivity contribution < 1.29 is 28.6 Å². The highest BCUT2D eigenvalue weighted by molar-refractivity contribution is 8.18. The zero-order chi connectivity index (χ0) is 25.4. The number of thioether (sulfide) groups is 1. The van der Waals surface area contributed by atoms with E-state index in [-0.39, 0.29) is 11.0 Å². The van der Waals surface area contributed by atoms with Gasteiger partial charge in [0.25, 0.3) is 11.1 Å². The Morgan fingerprint density at radius 3 is 2.54 bits per heavy atom. The number of imide groups is 1. The number of nitrogens with zero attached hydrogens (tertiary/aromatic N) is 1. The van der Waals surface area contributed by atoms with E-state index >= 15 is 0 Å². The summed E-state index contributed by atoms with van der Waals surface area (Å²) in [7, 11) is 0. The van der Waals surface area contributed by atoms with Gasteiger partial charge in [-0.15, -0.1) is 6.58 Å². The first kappa shape index (κ1) is 26.1. The number of carbonyl (C=O) groups excluding carboxylic acids is 3. The Morgan fingerprint density at radius 1 is 1.14 bits per heavy atom. The maximum atomic E-state index is 12.8. The molecule has 1 fully saturated rings. The van der Waals surface area contributed by atoms with Crippen molar-refractivity contribution in [2.24, 2.45) is 0 Å². The number of amides is 2. The smallest absolute Gasteiger partial charge is 0.326 e. The minimum absolute atomic E-state index is 0.220. The molecule has 7 nitrogen and oxygen atoms in total. The summed E-state index contributed by atoms with van der Waals surface area (Å²) < 4.78 is 17.1. The minimum Gasteiger partial charge on any atom is -0.490 e. The van der Waals surface area contributed by atoms with Crippen LogP contribution in [0.5, 0.6) is 11.5 Å². The first-order valence-electron chi connectivity index (χ1n) is 11.3. The molecule has 35 heavy (non-hydrogen) atoms. The number of rotatable bonds is 11. The number of esters is 1. The molecule has 8 heteroatoms. The molecule has 0 spiro atoms. The second-order valence-corrected chi connectivity index (χ2v) is 9.01. The Hall–Kier alpha value is -3.52. The van der Waals surface area contributed by atoms with E-state index in [9.17, 15) is 14.4 Å². The van der Waals surface area contributed by atoms with Crippen molar-refractivity contribution in [1.82, 2.24) is 4.90 Å². The van der Waals surface area contributed by atoms with Crippen molar-refractivity contribution in [2.45, 2.75) is 39.9 Å². The maximum absolute atomic E-state index is 12.8. The van der Waals surface area contributed by atoms with Crippen LogP contribution in [0, 0.1) is 0 Å². The van der Waals surface area contributed by atoms with Gasteiger partial charge in [-0.25, -0.2) is 0 Å². The largest absolute Gasteiger partial charge is 0.490 e. The van der Waals surface area contributed by atoms with Crippen molar-refractivity contribution in [3.63, 3.8) is 0 Å². The van der Waals surface area contributed by atoms with Gasteiger partial charge in [0.05, 0.1) is 17.6 Å². The lowest BCUT2D eigenvalue weighted by atomic mass is 10.0. The number of allylic oxidation sites excluding steroid dienone is 1. The lowest BCUT2D eigenvalue weighted by Crippen LogP contribution is -2.35. The lowest BCUT2D eigenvalue weighted by molar-refractivity contribution is -0.149. The summed E-state index contributed by atoms with van der Waals surface area (Å²) in [6.07, 6.45) is 3.57. The van der Waals surface area contributed by atoms with E-state index in [1.807, 2.05) is 43.3 Å². The van der Waals surface area contributed by atoms with Gasteiger partial charge < -0.3 is 14.2 Å². The molecule has 0 aliphatic carbocycles. The summed E-state index contributed by atoms with van der Waals surface area (Å²) in [6.45, 7) is 9.50. The third kappa shape index (κ3) is 6.99. The van der Waals surface area contributed by atoms with Crippen molar-refractivity contribution in [3.05, 3.63) is 76.7 Å². The molecule has 2 amide bonds. The van der Waals surface area contributed by atoms with Gasteiger partial charge in [-0.2, -0.15) is 0 Å². The summed E-state index contributed by atoms with van der Waals surface area (Å²) in [4.78, 5) is 38.3. The normalized spacial score (nSPS) is 14.5. The van der Waals surface area contributed by atoms with Crippen LogP contribution in [0.2, 0.25) is 0 Å². The quantitative estimate of drug-likeness (QED) is 0.235. The Balaban J connectivity index is 1.88. The Morgan fingerprint density at radius 2 is 1.89 bits per heavy atom. The average Bonchev–Trinajstić information content (AvgIpc) is 3.06. The van der Waals surface area contributed by atoms with Gasteiger partial charge in [-0.05, 0) is 68.3 Å². The number of hydrogen-bond acceptors (Lipinski definition) is 7. The molecule has 0 N–H and O–H groups in total. The summed E-state index contributed by atoms with van der Waals surface area (Å²) in [5.74, 6) is -0.0187. The standard InChI is InChI=1S/C27H29NO6S/c1-5-10-21-13-20(14-22(32-6-2)25(21)33-17-19-11-8-7-9-12-19)15-23-26(30)28(27(31)35-23)16-24(29)34-18(3)4/h5,7-9,11-15,18H,1,6,10,16-17H2,2-4H3/b23-15-. The number of ether oxygens (including phenoxy) is 3. The molecule has 0 radical (unpaired) electrons. The van der Waals surface area contributed by atoms with Gasteiger partial charge in [-0.1, -0.05) is 36.4 Å². The predicted molar refractivity (Wildman–Crippen MR) is 136 cm³/mol. The lowest BCUT2D eigenvalue weighted by Gasteiger charge is -2.17. The fraction of sp³-hybridized carbons (Fsp3) is 0.296. The molecule has 1 heterocycles. The molecule has 2 aromatic rings. The van der Waals surface area contributed by atoms with Crippen molar-refractivity contribution in [1.29, 1.82) is 0 Å². The monoisotopic (exact) mass is 495 g/mol. The fourth-order valence-electron chi connectivity index (χ4n) is 3.45. The third-order valence-electron chi connectivity index (χ3n) is 4.87. The molecule has 1 aliphatic heterocycles. The molecule has 0 saturated carbocycles. The van der Waals surface area contributed by atoms with Crippen LogP contribution >= 0.6 is 11.8 Å². The van der Waals surface area contributed by atoms with Crippen LogP contribution in [0.1, 0.15) is 37.5 Å². The minimum atomic E-state index is -0.629. The zero-order valence-corrected chi connectivity index (χ0v) is 20.9. The summed E-state index contributed by atoms with van der Waals surface area (Å²) in [5.41, 5.74) is 2.54. The molecular formula is C27H29NO6S. The van der Waals surface area contributed by atoms with Gasteiger partial charge in [0, 0.05) is 5.56 Å². The molecule has 0 bridgehead atoms. The highest BCUT2D eigenvalue weighted by Gasteiger charge is 2.37. The van der Waals surface area contributed by atoms with Crippen molar-refractivity contribution in [2.75, 3.05) is 13.2 Å². The fourth-order valence-corrected chi connectivity index (χ4v) is 4.29. The summed E-state index contributed by atoms with van der Waals surface area (Å²) in [6, 6.07) is 13.5. The summed E-state index contributed by atoms with van der Waals surface area (Å²) >= 11 is 0.786. The highest BCUT2D eigenvalue weighted by Crippen LogP contribution is 2.37. The van der Waals surface area contributed by atoms with E-state index in [1.54, 1.807) is 32.1 Å². The number of carbonyl (C=O) groups is 3. The molecule has 3 rings (SSSR count). The van der Waals surface area contributed by atoms with E-state index in [4.69, 9.17) is 14.2 Å². The number of hydrogen-bond donors (Lipinski definition) is 0. The van der Waals surface area contributed by atoms with Crippen LogP contribution < -0.4 is 9.47 Å². The zero-order valence-electron chi connectivity index (χ0n) is 20.1. The molecule has 2 aromatic carbocycles. The van der Waals surface area contributed by atoms with Gasteiger partial charge in [0.1, 0.15) is 13.2 Å². The van der Waals surface area contributed by atoms with Crippen molar-refractivity contribution >= 4 is 35.0 Å². The predicted octanol–water partition coefficient (Wildman–Crippen LogP) is 5.38. The topological polar surface area (TPSA) is 82.1 Å². The second-order valence-electron chi connectivity index (χ2n) is 8.01. The molecule has 0 unspecified atom stereocenters. The van der Waals surface area contributed by atoms with Crippen LogP contribution in [0.4, 0.5) is 4.79 Å². The molecule has 1 saturated heterocycles. The van der Waals surface area contributed by atoms with E-state index in [2.05, 4.69) is 6.58 Å². The Bertz CT molecular complexity index is 1130. The first-order chi connectivity index (χ1) is 16.8. The molecule has 0 aromatic heterocycles. The summed E-state index contributed by atoms with van der Waals surface area (Å²) in [5, 5.41) is -0.513. The van der Waals surface area contributed by atoms with Gasteiger partial charge in [0.15, 0.2) is 11.5 Å². The van der Waals surface area contributed by atoms with Crippen molar-refractivity contribution in [3.8, 4) is 11.5 Å². The van der Waals surface area contributed by atoms with Crippen LogP contribution in [-0.4, -0.2) is 41.3 Å². The van der Waals surface area contributed by atoms with Crippen LogP contribution in [0.3, 0.4) is 0 Å². The van der Waals surface area contributed by atoms with Gasteiger partial charge >= 0.3 is 5.97 Å². The van der Waals surface area contributed by atoms with Gasteiger partial charge in [0.2, 0.25) is 0 Å². The van der Waals surface area contributed by atoms with Gasteiger partial charge in [-0.3, -0.25) is 19.3 Å². The van der Waals surface area contributed by atoms with Crippen LogP contribution in [-0.2, 0) is 27.4 Å². The molecule has 1 aliphatic rings. The number of benzene rings is 2. The molecule has 184 valence electrons.